The molecule has 0 aliphatic heterocycles. The van der Waals surface area contributed by atoms with Gasteiger partial charge in [-0.1, -0.05) is 42.5 Å². The molecule has 20 heavy (non-hydrogen) atoms. The Morgan fingerprint density at radius 2 is 1.70 bits per heavy atom. The fourth-order valence-electron chi connectivity index (χ4n) is 1.73. The van der Waals surface area contributed by atoms with E-state index in [0.29, 0.717) is 12.3 Å². The minimum atomic E-state index is -0.197. The van der Waals surface area contributed by atoms with Crippen molar-refractivity contribution in [3.8, 4) is 0 Å². The standard InChI is InChI=1S/C16H17NO3/c18-10-13-6-8-15(9-7-13)17-16(19)12-20-11-14-4-2-1-3-5-14/h1-9,18H,10-12H2,(H,17,19). The summed E-state index contributed by atoms with van der Waals surface area (Å²) in [6, 6.07) is 16.7. The molecule has 0 aliphatic rings. The van der Waals surface area contributed by atoms with Crippen molar-refractivity contribution >= 4 is 11.6 Å². The Morgan fingerprint density at radius 3 is 2.35 bits per heavy atom. The molecule has 2 rings (SSSR count). The molecule has 0 spiro atoms. The number of hydrogen-bond donors (Lipinski definition) is 2. The Bertz CT molecular complexity index is 537. The lowest BCUT2D eigenvalue weighted by atomic mass is 10.2. The van der Waals surface area contributed by atoms with Crippen molar-refractivity contribution in [3.05, 3.63) is 65.7 Å². The van der Waals surface area contributed by atoms with Gasteiger partial charge in [-0.25, -0.2) is 0 Å². The largest absolute Gasteiger partial charge is 0.392 e. The third-order valence-corrected chi connectivity index (χ3v) is 2.76. The summed E-state index contributed by atoms with van der Waals surface area (Å²) in [7, 11) is 0. The average molecular weight is 271 g/mol. The van der Waals surface area contributed by atoms with Crippen LogP contribution in [0.2, 0.25) is 0 Å². The van der Waals surface area contributed by atoms with Gasteiger partial charge < -0.3 is 15.2 Å². The first-order chi connectivity index (χ1) is 9.78. The third kappa shape index (κ3) is 4.50. The molecule has 4 heteroatoms. The number of carbonyl (C=O) groups excluding carboxylic acids is 1. The van der Waals surface area contributed by atoms with Gasteiger partial charge in [0.1, 0.15) is 6.61 Å². The Hall–Kier alpha value is -2.17. The van der Waals surface area contributed by atoms with E-state index in [4.69, 9.17) is 9.84 Å². The molecule has 0 atom stereocenters. The molecule has 2 N–H and O–H groups in total. The van der Waals surface area contributed by atoms with Crippen LogP contribution in [0.3, 0.4) is 0 Å². The Labute approximate surface area is 118 Å². The topological polar surface area (TPSA) is 58.6 Å². The lowest BCUT2D eigenvalue weighted by Crippen LogP contribution is -2.18. The summed E-state index contributed by atoms with van der Waals surface area (Å²) in [5, 5.41) is 11.7. The molecule has 104 valence electrons. The number of aliphatic hydroxyl groups excluding tert-OH is 1. The lowest BCUT2D eigenvalue weighted by molar-refractivity contribution is -0.121. The molecule has 0 unspecified atom stereocenters. The van der Waals surface area contributed by atoms with Gasteiger partial charge in [0, 0.05) is 5.69 Å². The van der Waals surface area contributed by atoms with Gasteiger partial charge in [0.2, 0.25) is 5.91 Å². The highest BCUT2D eigenvalue weighted by Crippen LogP contribution is 2.09. The molecule has 0 saturated heterocycles. The van der Waals surface area contributed by atoms with Gasteiger partial charge in [0.05, 0.1) is 13.2 Å². The van der Waals surface area contributed by atoms with Crippen LogP contribution in [0, 0.1) is 0 Å². The number of nitrogens with one attached hydrogen (secondary N) is 1. The second-order valence-electron chi connectivity index (χ2n) is 4.38. The van der Waals surface area contributed by atoms with E-state index in [1.807, 2.05) is 30.3 Å². The summed E-state index contributed by atoms with van der Waals surface area (Å²) in [6.07, 6.45) is 0. The maximum atomic E-state index is 11.7. The molecule has 0 bridgehead atoms. The summed E-state index contributed by atoms with van der Waals surface area (Å²) < 4.78 is 5.35. The average Bonchev–Trinajstić information content (AvgIpc) is 2.49. The highest BCUT2D eigenvalue weighted by molar-refractivity contribution is 5.91. The molecule has 2 aromatic rings. The monoisotopic (exact) mass is 271 g/mol. The predicted molar refractivity (Wildman–Crippen MR) is 77.1 cm³/mol. The normalized spacial score (nSPS) is 10.2. The summed E-state index contributed by atoms with van der Waals surface area (Å²) in [4.78, 5) is 11.7. The summed E-state index contributed by atoms with van der Waals surface area (Å²) in [6.45, 7) is 0.419. The molecule has 0 aliphatic carbocycles. The van der Waals surface area contributed by atoms with Crippen molar-refractivity contribution in [1.82, 2.24) is 0 Å². The zero-order valence-electron chi connectivity index (χ0n) is 11.1. The predicted octanol–water partition coefficient (Wildman–Crippen LogP) is 2.33. The number of aliphatic hydroxyl groups is 1. The maximum absolute atomic E-state index is 11.7. The maximum Gasteiger partial charge on any atom is 0.250 e. The number of anilines is 1. The second kappa shape index (κ2) is 7.43. The molecular weight excluding hydrogens is 254 g/mol. The van der Waals surface area contributed by atoms with Crippen LogP contribution in [0.25, 0.3) is 0 Å². The van der Waals surface area contributed by atoms with E-state index in [-0.39, 0.29) is 19.1 Å². The Morgan fingerprint density at radius 1 is 1.00 bits per heavy atom. The Balaban J connectivity index is 1.74. The van der Waals surface area contributed by atoms with E-state index in [9.17, 15) is 4.79 Å². The van der Waals surface area contributed by atoms with E-state index in [2.05, 4.69) is 5.32 Å². The van der Waals surface area contributed by atoms with E-state index < -0.39 is 0 Å². The van der Waals surface area contributed by atoms with Gasteiger partial charge in [-0.3, -0.25) is 4.79 Å². The van der Waals surface area contributed by atoms with Crippen LogP contribution in [0.1, 0.15) is 11.1 Å². The fraction of sp³-hybridized carbons (Fsp3) is 0.188. The van der Waals surface area contributed by atoms with Crippen molar-refractivity contribution in [1.29, 1.82) is 0 Å². The van der Waals surface area contributed by atoms with Crippen molar-refractivity contribution in [2.75, 3.05) is 11.9 Å². The van der Waals surface area contributed by atoms with Crippen LogP contribution in [-0.4, -0.2) is 17.6 Å². The molecule has 2 aromatic carbocycles. The molecule has 0 fully saturated rings. The van der Waals surface area contributed by atoms with Crippen LogP contribution < -0.4 is 5.32 Å². The minimum Gasteiger partial charge on any atom is -0.392 e. The van der Waals surface area contributed by atoms with E-state index in [1.54, 1.807) is 24.3 Å². The number of amides is 1. The molecule has 0 heterocycles. The summed E-state index contributed by atoms with van der Waals surface area (Å²) in [5.41, 5.74) is 2.53. The number of ether oxygens (including phenoxy) is 1. The zero-order chi connectivity index (χ0) is 14.2. The molecule has 0 saturated carbocycles. The van der Waals surface area contributed by atoms with Crippen LogP contribution in [0.15, 0.2) is 54.6 Å². The highest BCUT2D eigenvalue weighted by Gasteiger charge is 2.03. The molecule has 1 amide bonds. The van der Waals surface area contributed by atoms with Crippen LogP contribution >= 0.6 is 0 Å². The first-order valence-electron chi connectivity index (χ1n) is 6.39. The minimum absolute atomic E-state index is 0.00554. The van der Waals surface area contributed by atoms with Gasteiger partial charge >= 0.3 is 0 Å². The number of rotatable bonds is 6. The van der Waals surface area contributed by atoms with Crippen molar-refractivity contribution < 1.29 is 14.6 Å². The van der Waals surface area contributed by atoms with E-state index in [0.717, 1.165) is 11.1 Å². The fourth-order valence-corrected chi connectivity index (χ4v) is 1.73. The second-order valence-corrected chi connectivity index (χ2v) is 4.38. The quantitative estimate of drug-likeness (QED) is 0.847. The summed E-state index contributed by atoms with van der Waals surface area (Å²) >= 11 is 0. The lowest BCUT2D eigenvalue weighted by Gasteiger charge is -2.07. The van der Waals surface area contributed by atoms with E-state index >= 15 is 0 Å². The first-order valence-corrected chi connectivity index (χ1v) is 6.39. The SMILES string of the molecule is O=C(COCc1ccccc1)Nc1ccc(CO)cc1. The number of carbonyl (C=O) groups is 1. The zero-order valence-corrected chi connectivity index (χ0v) is 11.1. The summed E-state index contributed by atoms with van der Waals surface area (Å²) in [5.74, 6) is -0.197. The molecular formula is C16H17NO3. The number of benzene rings is 2. The van der Waals surface area contributed by atoms with Crippen molar-refractivity contribution in [2.24, 2.45) is 0 Å². The molecule has 4 nitrogen and oxygen atoms in total. The van der Waals surface area contributed by atoms with Crippen LogP contribution in [0.4, 0.5) is 5.69 Å². The smallest absolute Gasteiger partial charge is 0.250 e. The highest BCUT2D eigenvalue weighted by atomic mass is 16.5. The first kappa shape index (κ1) is 14.2. The van der Waals surface area contributed by atoms with Gasteiger partial charge in [0.15, 0.2) is 0 Å². The third-order valence-electron chi connectivity index (χ3n) is 2.76. The van der Waals surface area contributed by atoms with Gasteiger partial charge in [0.25, 0.3) is 0 Å². The van der Waals surface area contributed by atoms with Crippen LogP contribution in [0.5, 0.6) is 0 Å². The van der Waals surface area contributed by atoms with E-state index in [1.165, 1.54) is 0 Å². The Kier molecular flexibility index (Phi) is 5.29. The van der Waals surface area contributed by atoms with Gasteiger partial charge in [-0.15, -0.1) is 0 Å². The van der Waals surface area contributed by atoms with Gasteiger partial charge in [-0.2, -0.15) is 0 Å². The number of hydrogen-bond acceptors (Lipinski definition) is 3. The van der Waals surface area contributed by atoms with Gasteiger partial charge in [-0.05, 0) is 23.3 Å². The van der Waals surface area contributed by atoms with Crippen molar-refractivity contribution in [3.63, 3.8) is 0 Å². The molecule has 0 aromatic heterocycles. The molecule has 0 radical (unpaired) electrons. The van der Waals surface area contributed by atoms with Crippen LogP contribution in [-0.2, 0) is 22.7 Å². The van der Waals surface area contributed by atoms with Crippen molar-refractivity contribution in [2.45, 2.75) is 13.2 Å².